The molecule has 0 saturated heterocycles. The lowest BCUT2D eigenvalue weighted by atomic mass is 10.1. The Morgan fingerprint density at radius 1 is 1.37 bits per heavy atom. The lowest BCUT2D eigenvalue weighted by Gasteiger charge is -2.22. The van der Waals surface area contributed by atoms with Crippen LogP contribution >= 0.6 is 0 Å². The van der Waals surface area contributed by atoms with Gasteiger partial charge in [-0.1, -0.05) is 24.3 Å². The zero-order valence-electron chi connectivity index (χ0n) is 12.2. The van der Waals surface area contributed by atoms with Crippen LogP contribution in [0.4, 0.5) is 0 Å². The Morgan fingerprint density at radius 2 is 2.05 bits per heavy atom. The highest BCUT2D eigenvalue weighted by atomic mass is 16.3. The van der Waals surface area contributed by atoms with Crippen molar-refractivity contribution in [3.05, 3.63) is 35.4 Å². The predicted octanol–water partition coefficient (Wildman–Crippen LogP) is 1.74. The third-order valence-electron chi connectivity index (χ3n) is 2.72. The zero-order valence-corrected chi connectivity index (χ0v) is 12.2. The molecule has 0 spiro atoms. The Hall–Kier alpha value is -1.39. The van der Waals surface area contributed by atoms with Gasteiger partial charge in [0.05, 0.1) is 13.2 Å². The molecule has 3 N–H and O–H groups in total. The number of rotatable bonds is 5. The molecule has 106 valence electrons. The predicted molar refractivity (Wildman–Crippen MR) is 76.7 cm³/mol. The molecule has 1 atom stereocenters. The minimum absolute atomic E-state index is 0.0161. The van der Waals surface area contributed by atoms with Gasteiger partial charge < -0.3 is 15.7 Å². The topological polar surface area (TPSA) is 61.4 Å². The Balaban J connectivity index is 2.51. The number of carbonyl (C=O) groups is 1. The molecular formula is C15H24N2O2. The van der Waals surface area contributed by atoms with Gasteiger partial charge in [0.1, 0.15) is 0 Å². The Morgan fingerprint density at radius 3 is 2.63 bits per heavy atom. The summed E-state index contributed by atoms with van der Waals surface area (Å²) in [5.41, 5.74) is 1.74. The minimum Gasteiger partial charge on any atom is -0.392 e. The number of amides is 1. The molecule has 0 bridgehead atoms. The molecule has 4 nitrogen and oxygen atoms in total. The van der Waals surface area contributed by atoms with E-state index in [4.69, 9.17) is 5.11 Å². The van der Waals surface area contributed by atoms with E-state index in [9.17, 15) is 4.79 Å². The Labute approximate surface area is 115 Å². The fourth-order valence-corrected chi connectivity index (χ4v) is 1.79. The van der Waals surface area contributed by atoms with E-state index in [1.54, 1.807) is 0 Å². The van der Waals surface area contributed by atoms with Crippen molar-refractivity contribution in [2.45, 2.75) is 45.9 Å². The molecule has 0 aliphatic heterocycles. The summed E-state index contributed by atoms with van der Waals surface area (Å²) in [6.45, 7) is 8.19. The van der Waals surface area contributed by atoms with Crippen LogP contribution in [0.2, 0.25) is 0 Å². The minimum atomic E-state index is -0.210. The van der Waals surface area contributed by atoms with Gasteiger partial charge in [-0.3, -0.25) is 4.79 Å². The summed E-state index contributed by atoms with van der Waals surface area (Å²) in [5, 5.41) is 15.2. The first kappa shape index (κ1) is 15.7. The van der Waals surface area contributed by atoms with Gasteiger partial charge in [0.2, 0.25) is 5.91 Å². The van der Waals surface area contributed by atoms with E-state index < -0.39 is 0 Å². The lowest BCUT2D eigenvalue weighted by Crippen LogP contribution is -2.45. The van der Waals surface area contributed by atoms with Gasteiger partial charge in [-0.05, 0) is 38.8 Å². The van der Waals surface area contributed by atoms with Crippen LogP contribution in [-0.4, -0.2) is 23.1 Å². The second-order valence-electron chi connectivity index (χ2n) is 5.80. The summed E-state index contributed by atoms with van der Waals surface area (Å²) < 4.78 is 0. The fourth-order valence-electron chi connectivity index (χ4n) is 1.79. The number of nitrogens with one attached hydrogen (secondary N) is 2. The number of carbonyl (C=O) groups excluding carboxylic acids is 1. The van der Waals surface area contributed by atoms with E-state index >= 15 is 0 Å². The first-order chi connectivity index (χ1) is 8.81. The van der Waals surface area contributed by atoms with Crippen molar-refractivity contribution in [1.82, 2.24) is 10.6 Å². The van der Waals surface area contributed by atoms with E-state index in [1.165, 1.54) is 0 Å². The van der Waals surface area contributed by atoms with Crippen LogP contribution in [0, 0.1) is 0 Å². The van der Waals surface area contributed by atoms with Crippen molar-refractivity contribution in [1.29, 1.82) is 0 Å². The third-order valence-corrected chi connectivity index (χ3v) is 2.72. The van der Waals surface area contributed by atoms with E-state index in [0.717, 1.165) is 11.1 Å². The number of aliphatic hydroxyl groups excluding tert-OH is 1. The van der Waals surface area contributed by atoms with Gasteiger partial charge >= 0.3 is 0 Å². The van der Waals surface area contributed by atoms with Crippen molar-refractivity contribution in [2.24, 2.45) is 0 Å². The third kappa shape index (κ3) is 5.85. The van der Waals surface area contributed by atoms with Crippen LogP contribution in [-0.2, 0) is 11.4 Å². The molecule has 1 aromatic rings. The highest BCUT2D eigenvalue weighted by Gasteiger charge is 2.14. The van der Waals surface area contributed by atoms with E-state index in [2.05, 4.69) is 10.6 Å². The molecule has 0 aliphatic rings. The van der Waals surface area contributed by atoms with Crippen LogP contribution < -0.4 is 10.6 Å². The van der Waals surface area contributed by atoms with Crippen molar-refractivity contribution in [2.75, 3.05) is 6.54 Å². The summed E-state index contributed by atoms with van der Waals surface area (Å²) in [5.74, 6) is -0.0161. The van der Waals surface area contributed by atoms with Crippen molar-refractivity contribution in [3.8, 4) is 0 Å². The fraction of sp³-hybridized carbons (Fsp3) is 0.533. The zero-order chi connectivity index (χ0) is 14.5. The molecule has 0 radical (unpaired) electrons. The first-order valence-corrected chi connectivity index (χ1v) is 6.56. The van der Waals surface area contributed by atoms with Gasteiger partial charge in [0.25, 0.3) is 0 Å². The molecule has 0 saturated carbocycles. The molecule has 1 unspecified atom stereocenters. The normalized spacial score (nSPS) is 13.1. The van der Waals surface area contributed by atoms with Gasteiger partial charge in [-0.15, -0.1) is 0 Å². The SMILES string of the molecule is CC(NCC(=O)NC(C)(C)C)c1cccc(CO)c1. The molecular weight excluding hydrogens is 240 g/mol. The van der Waals surface area contributed by atoms with Gasteiger partial charge in [-0.25, -0.2) is 0 Å². The lowest BCUT2D eigenvalue weighted by molar-refractivity contribution is -0.121. The van der Waals surface area contributed by atoms with Crippen molar-refractivity contribution < 1.29 is 9.90 Å². The van der Waals surface area contributed by atoms with E-state index in [0.29, 0.717) is 0 Å². The van der Waals surface area contributed by atoms with Crippen LogP contribution in [0.5, 0.6) is 0 Å². The van der Waals surface area contributed by atoms with Crippen LogP contribution in [0.3, 0.4) is 0 Å². The number of benzene rings is 1. The van der Waals surface area contributed by atoms with Crippen molar-refractivity contribution in [3.63, 3.8) is 0 Å². The number of aliphatic hydroxyl groups is 1. The summed E-state index contributed by atoms with van der Waals surface area (Å²) in [7, 11) is 0. The van der Waals surface area contributed by atoms with Gasteiger partial charge in [0, 0.05) is 11.6 Å². The Kier molecular flexibility index (Phi) is 5.51. The van der Waals surface area contributed by atoms with Crippen LogP contribution in [0.25, 0.3) is 0 Å². The Bertz CT molecular complexity index is 424. The highest BCUT2D eigenvalue weighted by Crippen LogP contribution is 2.14. The standard InChI is InChI=1S/C15H24N2O2/c1-11(13-7-5-6-12(8-13)10-18)16-9-14(19)17-15(2,3)4/h5-8,11,16,18H,9-10H2,1-4H3,(H,17,19). The second-order valence-corrected chi connectivity index (χ2v) is 5.80. The van der Waals surface area contributed by atoms with Crippen LogP contribution in [0.15, 0.2) is 24.3 Å². The molecule has 0 aromatic heterocycles. The van der Waals surface area contributed by atoms with E-state index in [-0.39, 0.29) is 30.6 Å². The summed E-state index contributed by atoms with van der Waals surface area (Å²) in [4.78, 5) is 11.7. The maximum atomic E-state index is 11.7. The summed E-state index contributed by atoms with van der Waals surface area (Å²) >= 11 is 0. The first-order valence-electron chi connectivity index (χ1n) is 6.56. The largest absolute Gasteiger partial charge is 0.392 e. The smallest absolute Gasteiger partial charge is 0.234 e. The number of hydrogen-bond donors (Lipinski definition) is 3. The van der Waals surface area contributed by atoms with Crippen LogP contribution in [0.1, 0.15) is 44.9 Å². The van der Waals surface area contributed by atoms with Gasteiger partial charge in [-0.2, -0.15) is 0 Å². The summed E-state index contributed by atoms with van der Waals surface area (Å²) in [6.07, 6.45) is 0. The van der Waals surface area contributed by atoms with Gasteiger partial charge in [0.15, 0.2) is 0 Å². The highest BCUT2D eigenvalue weighted by molar-refractivity contribution is 5.78. The molecule has 19 heavy (non-hydrogen) atoms. The molecule has 0 aliphatic carbocycles. The maximum absolute atomic E-state index is 11.7. The average molecular weight is 264 g/mol. The summed E-state index contributed by atoms with van der Waals surface area (Å²) in [6, 6.07) is 7.78. The molecule has 0 heterocycles. The van der Waals surface area contributed by atoms with E-state index in [1.807, 2.05) is 52.0 Å². The molecule has 1 amide bonds. The maximum Gasteiger partial charge on any atom is 0.234 e. The van der Waals surface area contributed by atoms with Crippen molar-refractivity contribution >= 4 is 5.91 Å². The average Bonchev–Trinajstić information content (AvgIpc) is 2.34. The quantitative estimate of drug-likeness (QED) is 0.759. The molecule has 1 aromatic carbocycles. The monoisotopic (exact) mass is 264 g/mol. The molecule has 0 fully saturated rings. The molecule has 1 rings (SSSR count). The second kappa shape index (κ2) is 6.68. The number of hydrogen-bond acceptors (Lipinski definition) is 3. The molecule has 4 heteroatoms.